The number of nitrogens with two attached hydrogens (primary N) is 1. The molecule has 0 bridgehead atoms. The molecule has 0 unspecified atom stereocenters. The van der Waals surface area contributed by atoms with Gasteiger partial charge in [0, 0.05) is 4.70 Å². The lowest BCUT2D eigenvalue weighted by molar-refractivity contribution is 0.971. The summed E-state index contributed by atoms with van der Waals surface area (Å²) in [6.07, 6.45) is 0.977. The van der Waals surface area contributed by atoms with Crippen molar-refractivity contribution >= 4 is 33.8 Å². The number of rotatable bonds is 2. The topological polar surface area (TPSA) is 26.0 Å². The molecule has 0 amide bonds. The van der Waals surface area contributed by atoms with Gasteiger partial charge in [-0.1, -0.05) is 6.07 Å². The molecule has 3 heteroatoms. The summed E-state index contributed by atoms with van der Waals surface area (Å²) in [4.78, 5) is 0. The van der Waals surface area contributed by atoms with E-state index in [2.05, 4.69) is 30.5 Å². The maximum absolute atomic E-state index is 5.52. The normalized spacial score (nSPS) is 10.1. The zero-order valence-corrected chi connectivity index (χ0v) is 9.75. The van der Waals surface area contributed by atoms with Crippen LogP contribution < -0.4 is 5.73 Å². The average Bonchev–Trinajstić information content (AvgIpc) is 2.49. The third kappa shape index (κ3) is 2.08. The van der Waals surface area contributed by atoms with Crippen LogP contribution in [0.3, 0.4) is 0 Å². The van der Waals surface area contributed by atoms with Crippen molar-refractivity contribution in [2.24, 2.45) is 5.73 Å². The van der Waals surface area contributed by atoms with E-state index in [4.69, 9.17) is 5.73 Å². The van der Waals surface area contributed by atoms with E-state index in [9.17, 15) is 0 Å². The third-order valence-corrected chi connectivity index (χ3v) is 3.35. The number of fused-ring (bicyclic) bond motifs is 1. The molecule has 0 aliphatic heterocycles. The molecular weight excluding hydrogens is 214 g/mol. The monoisotopic (exact) mass is 227 g/mol. The highest BCUT2D eigenvalue weighted by Crippen LogP contribution is 2.26. The standard InChI is InChI=1S/C11H13NS.ClH/c1-8-7-13-11-3-2-9(4-5-12)6-10(8)11;/h2-3,6-7H,4-5,12H2,1H3;1H. The van der Waals surface area contributed by atoms with Gasteiger partial charge < -0.3 is 5.73 Å². The van der Waals surface area contributed by atoms with E-state index in [0.29, 0.717) is 0 Å². The summed E-state index contributed by atoms with van der Waals surface area (Å²) in [5, 5.41) is 3.59. The van der Waals surface area contributed by atoms with E-state index >= 15 is 0 Å². The second kappa shape index (κ2) is 4.78. The molecule has 2 aromatic rings. The molecular formula is C11H14ClNS. The second-order valence-electron chi connectivity index (χ2n) is 3.29. The highest BCUT2D eigenvalue weighted by molar-refractivity contribution is 7.17. The van der Waals surface area contributed by atoms with Crippen molar-refractivity contribution in [3.63, 3.8) is 0 Å². The van der Waals surface area contributed by atoms with Crippen LogP contribution in [0.5, 0.6) is 0 Å². The molecule has 1 aromatic carbocycles. The minimum atomic E-state index is 0. The first-order valence-electron chi connectivity index (χ1n) is 4.48. The molecule has 0 fully saturated rings. The maximum atomic E-state index is 5.52. The Morgan fingerprint density at radius 3 is 2.86 bits per heavy atom. The first-order chi connectivity index (χ1) is 6.31. The van der Waals surface area contributed by atoms with Crippen molar-refractivity contribution in [3.8, 4) is 0 Å². The van der Waals surface area contributed by atoms with Crippen molar-refractivity contribution in [2.75, 3.05) is 6.54 Å². The van der Waals surface area contributed by atoms with Crippen LogP contribution in [0.1, 0.15) is 11.1 Å². The highest BCUT2D eigenvalue weighted by atomic mass is 35.5. The van der Waals surface area contributed by atoms with Crippen LogP contribution in [0, 0.1) is 6.92 Å². The molecule has 0 saturated heterocycles. The maximum Gasteiger partial charge on any atom is 0.0345 e. The van der Waals surface area contributed by atoms with Gasteiger partial charge in [-0.2, -0.15) is 0 Å². The Kier molecular flexibility index (Phi) is 3.93. The molecule has 76 valence electrons. The summed E-state index contributed by atoms with van der Waals surface area (Å²) in [7, 11) is 0. The number of hydrogen-bond acceptors (Lipinski definition) is 2. The Labute approximate surface area is 94.3 Å². The Bertz CT molecular complexity index is 422. The van der Waals surface area contributed by atoms with E-state index in [0.717, 1.165) is 13.0 Å². The summed E-state index contributed by atoms with van der Waals surface area (Å²) in [6.45, 7) is 2.89. The molecule has 1 nitrogen and oxygen atoms in total. The summed E-state index contributed by atoms with van der Waals surface area (Å²) < 4.78 is 1.37. The number of halogens is 1. The van der Waals surface area contributed by atoms with Gasteiger partial charge in [-0.05, 0) is 53.9 Å². The van der Waals surface area contributed by atoms with Crippen LogP contribution in [-0.4, -0.2) is 6.54 Å². The van der Waals surface area contributed by atoms with Crippen LogP contribution in [-0.2, 0) is 6.42 Å². The zero-order valence-electron chi connectivity index (χ0n) is 8.12. The summed E-state index contributed by atoms with van der Waals surface area (Å²) in [5.41, 5.74) is 8.24. The largest absolute Gasteiger partial charge is 0.330 e. The minimum absolute atomic E-state index is 0. The Morgan fingerprint density at radius 1 is 1.36 bits per heavy atom. The van der Waals surface area contributed by atoms with E-state index in [-0.39, 0.29) is 12.4 Å². The first-order valence-corrected chi connectivity index (χ1v) is 5.36. The molecule has 2 rings (SSSR count). The van der Waals surface area contributed by atoms with E-state index in [1.807, 2.05) is 11.3 Å². The fourth-order valence-electron chi connectivity index (χ4n) is 1.53. The van der Waals surface area contributed by atoms with Crippen LogP contribution in [0.4, 0.5) is 0 Å². The smallest absolute Gasteiger partial charge is 0.0345 e. The molecule has 1 aromatic heterocycles. The van der Waals surface area contributed by atoms with Crippen molar-refractivity contribution < 1.29 is 0 Å². The van der Waals surface area contributed by atoms with E-state index in [1.54, 1.807) is 0 Å². The van der Waals surface area contributed by atoms with Gasteiger partial charge in [-0.3, -0.25) is 0 Å². The summed E-state index contributed by atoms with van der Waals surface area (Å²) in [5.74, 6) is 0. The quantitative estimate of drug-likeness (QED) is 0.838. The van der Waals surface area contributed by atoms with Crippen molar-refractivity contribution in [2.45, 2.75) is 13.3 Å². The van der Waals surface area contributed by atoms with Gasteiger partial charge in [-0.25, -0.2) is 0 Å². The van der Waals surface area contributed by atoms with Crippen LogP contribution in [0.25, 0.3) is 10.1 Å². The predicted molar refractivity (Wildman–Crippen MR) is 66.6 cm³/mol. The van der Waals surface area contributed by atoms with Crippen molar-refractivity contribution in [1.29, 1.82) is 0 Å². The SMILES string of the molecule is Cc1csc2ccc(CCN)cc12.Cl. The minimum Gasteiger partial charge on any atom is -0.330 e. The molecule has 2 N–H and O–H groups in total. The third-order valence-electron chi connectivity index (χ3n) is 2.26. The van der Waals surface area contributed by atoms with Gasteiger partial charge in [-0.15, -0.1) is 23.7 Å². The number of benzene rings is 1. The van der Waals surface area contributed by atoms with Crippen molar-refractivity contribution in [1.82, 2.24) is 0 Å². The van der Waals surface area contributed by atoms with Crippen LogP contribution in [0.15, 0.2) is 23.6 Å². The number of thiophene rings is 1. The lowest BCUT2D eigenvalue weighted by Gasteiger charge is -1.98. The van der Waals surface area contributed by atoms with Gasteiger partial charge in [0.25, 0.3) is 0 Å². The molecule has 0 aliphatic carbocycles. The summed E-state index contributed by atoms with van der Waals surface area (Å²) >= 11 is 1.81. The van der Waals surface area contributed by atoms with E-state index < -0.39 is 0 Å². The first kappa shape index (κ1) is 11.5. The Balaban J connectivity index is 0.000000980. The van der Waals surface area contributed by atoms with Crippen LogP contribution >= 0.6 is 23.7 Å². The fraction of sp³-hybridized carbons (Fsp3) is 0.273. The Morgan fingerprint density at radius 2 is 2.14 bits per heavy atom. The van der Waals surface area contributed by atoms with Gasteiger partial charge >= 0.3 is 0 Å². The molecule has 0 spiro atoms. The number of hydrogen-bond donors (Lipinski definition) is 1. The van der Waals surface area contributed by atoms with Crippen molar-refractivity contribution in [3.05, 3.63) is 34.7 Å². The molecule has 1 heterocycles. The van der Waals surface area contributed by atoms with Gasteiger partial charge in [0.1, 0.15) is 0 Å². The van der Waals surface area contributed by atoms with Gasteiger partial charge in [0.2, 0.25) is 0 Å². The summed E-state index contributed by atoms with van der Waals surface area (Å²) in [6, 6.07) is 6.62. The lowest BCUT2D eigenvalue weighted by atomic mass is 10.1. The molecule has 14 heavy (non-hydrogen) atoms. The molecule has 0 atom stereocenters. The zero-order chi connectivity index (χ0) is 9.26. The van der Waals surface area contributed by atoms with Crippen LogP contribution in [0.2, 0.25) is 0 Å². The Hall–Kier alpha value is -0.570. The van der Waals surface area contributed by atoms with Gasteiger partial charge in [0.15, 0.2) is 0 Å². The average molecular weight is 228 g/mol. The number of aryl methyl sites for hydroxylation is 1. The van der Waals surface area contributed by atoms with Gasteiger partial charge in [0.05, 0.1) is 0 Å². The predicted octanol–water partition coefficient (Wildman–Crippen LogP) is 3.13. The second-order valence-corrected chi connectivity index (χ2v) is 4.20. The molecule has 0 saturated carbocycles. The van der Waals surface area contributed by atoms with E-state index in [1.165, 1.54) is 21.2 Å². The fourth-order valence-corrected chi connectivity index (χ4v) is 2.45. The molecule has 0 radical (unpaired) electrons. The highest BCUT2D eigenvalue weighted by Gasteiger charge is 2.00. The lowest BCUT2D eigenvalue weighted by Crippen LogP contribution is -2.02. The molecule has 0 aliphatic rings.